The van der Waals surface area contributed by atoms with Crippen LogP contribution >= 0.6 is 0 Å². The summed E-state index contributed by atoms with van der Waals surface area (Å²) in [5.41, 5.74) is 9.42. The van der Waals surface area contributed by atoms with E-state index in [1.165, 1.54) is 7.11 Å². The van der Waals surface area contributed by atoms with Crippen molar-refractivity contribution in [3.8, 4) is 0 Å². The van der Waals surface area contributed by atoms with Gasteiger partial charge >= 0.3 is 5.97 Å². The molecule has 3 atom stereocenters. The summed E-state index contributed by atoms with van der Waals surface area (Å²) in [6, 6.07) is 8.08. The zero-order valence-corrected chi connectivity index (χ0v) is 12.3. The number of benzene rings is 1. The van der Waals surface area contributed by atoms with Crippen LogP contribution in [0.1, 0.15) is 25.5 Å². The maximum atomic E-state index is 12.0. The first kappa shape index (κ1) is 17.0. The van der Waals surface area contributed by atoms with Crippen LogP contribution in [-0.2, 0) is 19.0 Å². The molecule has 0 radical (unpaired) electrons. The van der Waals surface area contributed by atoms with Crippen molar-refractivity contribution in [3.05, 3.63) is 46.3 Å². The van der Waals surface area contributed by atoms with Crippen LogP contribution in [0.5, 0.6) is 0 Å². The van der Waals surface area contributed by atoms with E-state index >= 15 is 0 Å². The van der Waals surface area contributed by atoms with Crippen LogP contribution in [0.15, 0.2) is 35.4 Å². The van der Waals surface area contributed by atoms with Crippen molar-refractivity contribution < 1.29 is 19.0 Å². The van der Waals surface area contributed by atoms with Gasteiger partial charge in [0.1, 0.15) is 0 Å². The highest BCUT2D eigenvalue weighted by Crippen LogP contribution is 2.26. The van der Waals surface area contributed by atoms with Crippen LogP contribution < -0.4 is 0 Å². The molecule has 0 aromatic heterocycles. The summed E-state index contributed by atoms with van der Waals surface area (Å²) in [6.45, 7) is 3.92. The second kappa shape index (κ2) is 8.97. The third-order valence-electron chi connectivity index (χ3n) is 2.78. The molecular formula is C14H19N3O4. The normalized spacial score (nSPS) is 14.6. The van der Waals surface area contributed by atoms with Crippen molar-refractivity contribution in [2.45, 2.75) is 32.3 Å². The van der Waals surface area contributed by atoms with E-state index in [9.17, 15) is 4.79 Å². The van der Waals surface area contributed by atoms with Gasteiger partial charge in [0.25, 0.3) is 0 Å². The highest BCUT2D eigenvalue weighted by atomic mass is 16.7. The average molecular weight is 293 g/mol. The lowest BCUT2D eigenvalue weighted by atomic mass is 10.0. The van der Waals surface area contributed by atoms with Crippen molar-refractivity contribution in [2.24, 2.45) is 5.11 Å². The summed E-state index contributed by atoms with van der Waals surface area (Å²) in [5.74, 6) is -0.622. The number of hydrogen-bond donors (Lipinski definition) is 0. The Kier molecular flexibility index (Phi) is 7.25. The third kappa shape index (κ3) is 5.07. The van der Waals surface area contributed by atoms with E-state index < -0.39 is 24.4 Å². The molecule has 1 rings (SSSR count). The summed E-state index contributed by atoms with van der Waals surface area (Å²) >= 11 is 0. The third-order valence-corrected chi connectivity index (χ3v) is 2.78. The van der Waals surface area contributed by atoms with E-state index in [1.807, 2.05) is 13.0 Å². The summed E-state index contributed by atoms with van der Waals surface area (Å²) in [7, 11) is 1.25. The Bertz CT molecular complexity index is 488. The second-order valence-corrected chi connectivity index (χ2v) is 4.16. The fraction of sp³-hybridized carbons (Fsp3) is 0.500. The predicted molar refractivity (Wildman–Crippen MR) is 76.3 cm³/mol. The van der Waals surface area contributed by atoms with E-state index in [4.69, 9.17) is 19.7 Å². The topological polar surface area (TPSA) is 93.5 Å². The smallest absolute Gasteiger partial charge is 0.335 e. The van der Waals surface area contributed by atoms with Crippen molar-refractivity contribution in [1.82, 2.24) is 0 Å². The molecule has 0 aliphatic carbocycles. The summed E-state index contributed by atoms with van der Waals surface area (Å²) in [6.07, 6.45) is -1.70. The van der Waals surface area contributed by atoms with Gasteiger partial charge < -0.3 is 14.2 Å². The lowest BCUT2D eigenvalue weighted by Crippen LogP contribution is -2.35. The highest BCUT2D eigenvalue weighted by Gasteiger charge is 2.32. The van der Waals surface area contributed by atoms with E-state index in [2.05, 4.69) is 10.0 Å². The molecular weight excluding hydrogens is 274 g/mol. The highest BCUT2D eigenvalue weighted by molar-refractivity contribution is 5.76. The molecule has 0 spiro atoms. The zero-order chi connectivity index (χ0) is 15.7. The zero-order valence-electron chi connectivity index (χ0n) is 12.3. The van der Waals surface area contributed by atoms with E-state index in [1.54, 1.807) is 31.2 Å². The van der Waals surface area contributed by atoms with Crippen LogP contribution in [0, 0.1) is 0 Å². The Balaban J connectivity index is 3.06. The minimum atomic E-state index is -1.07. The Labute approximate surface area is 123 Å². The Morgan fingerprint density at radius 2 is 2.05 bits per heavy atom. The average Bonchev–Trinajstić information content (AvgIpc) is 2.51. The van der Waals surface area contributed by atoms with Crippen molar-refractivity contribution in [2.75, 3.05) is 13.7 Å². The number of methoxy groups -OCH3 is 1. The molecule has 0 saturated heterocycles. The summed E-state index contributed by atoms with van der Waals surface area (Å²) < 4.78 is 15.6. The number of esters is 1. The van der Waals surface area contributed by atoms with Gasteiger partial charge in [-0.05, 0) is 24.9 Å². The quantitative estimate of drug-likeness (QED) is 0.242. The molecule has 0 aliphatic heterocycles. The van der Waals surface area contributed by atoms with Gasteiger partial charge in [0, 0.05) is 11.5 Å². The molecule has 0 N–H and O–H groups in total. The van der Waals surface area contributed by atoms with Crippen LogP contribution in [0.2, 0.25) is 0 Å². The molecule has 114 valence electrons. The lowest BCUT2D eigenvalue weighted by Gasteiger charge is -2.25. The fourth-order valence-corrected chi connectivity index (χ4v) is 1.86. The number of azide groups is 1. The minimum Gasteiger partial charge on any atom is -0.467 e. The molecule has 0 heterocycles. The van der Waals surface area contributed by atoms with Gasteiger partial charge in [0.2, 0.25) is 0 Å². The Morgan fingerprint density at radius 3 is 2.57 bits per heavy atom. The van der Waals surface area contributed by atoms with E-state index in [0.717, 1.165) is 0 Å². The summed E-state index contributed by atoms with van der Waals surface area (Å²) in [5, 5.41) is 3.68. The number of nitrogens with zero attached hydrogens (tertiary/aromatic N) is 3. The number of carbonyl (C=O) groups excluding carboxylic acids is 1. The minimum absolute atomic E-state index is 0.437. The number of hydrogen-bond acceptors (Lipinski definition) is 5. The fourth-order valence-electron chi connectivity index (χ4n) is 1.86. The van der Waals surface area contributed by atoms with Gasteiger partial charge in [-0.1, -0.05) is 35.4 Å². The first-order chi connectivity index (χ1) is 10.1. The molecule has 0 amide bonds. The molecule has 21 heavy (non-hydrogen) atoms. The van der Waals surface area contributed by atoms with Gasteiger partial charge in [0.05, 0.1) is 13.2 Å². The Morgan fingerprint density at radius 1 is 1.38 bits per heavy atom. The predicted octanol–water partition coefficient (Wildman–Crippen LogP) is 2.98. The molecule has 3 unspecified atom stereocenters. The molecule has 0 saturated carbocycles. The van der Waals surface area contributed by atoms with Crippen LogP contribution in [0.25, 0.3) is 10.4 Å². The monoisotopic (exact) mass is 293 g/mol. The van der Waals surface area contributed by atoms with Crippen molar-refractivity contribution >= 4 is 5.97 Å². The van der Waals surface area contributed by atoms with Crippen molar-refractivity contribution in [3.63, 3.8) is 0 Å². The number of carbonyl (C=O) groups is 1. The molecule has 0 aliphatic rings. The van der Waals surface area contributed by atoms with Crippen LogP contribution in [-0.4, -0.2) is 32.1 Å². The molecule has 1 aromatic carbocycles. The number of rotatable bonds is 8. The maximum absolute atomic E-state index is 12.0. The first-order valence-corrected chi connectivity index (χ1v) is 6.58. The lowest BCUT2D eigenvalue weighted by molar-refractivity contribution is -0.188. The van der Waals surface area contributed by atoms with Gasteiger partial charge in [-0.15, -0.1) is 0 Å². The largest absolute Gasteiger partial charge is 0.467 e. The second-order valence-electron chi connectivity index (χ2n) is 4.16. The maximum Gasteiger partial charge on any atom is 0.335 e. The molecule has 1 aromatic rings. The number of ether oxygens (including phenoxy) is 3. The van der Waals surface area contributed by atoms with Gasteiger partial charge in [-0.3, -0.25) is 0 Å². The van der Waals surface area contributed by atoms with E-state index in [0.29, 0.717) is 12.2 Å². The van der Waals surface area contributed by atoms with Crippen molar-refractivity contribution in [1.29, 1.82) is 0 Å². The molecule has 0 fully saturated rings. The van der Waals surface area contributed by atoms with Crippen LogP contribution in [0.3, 0.4) is 0 Å². The molecule has 0 bridgehead atoms. The van der Waals surface area contributed by atoms with Gasteiger partial charge in [0.15, 0.2) is 12.4 Å². The van der Waals surface area contributed by atoms with Gasteiger partial charge in [-0.25, -0.2) is 4.79 Å². The standard InChI is InChI=1S/C14H19N3O4/c1-4-20-10(2)21-13(14(18)19-3)12(16-17-15)11-8-6-5-7-9-11/h5-10,12-13H,4H2,1-3H3. The molecule has 7 heteroatoms. The summed E-state index contributed by atoms with van der Waals surface area (Å²) in [4.78, 5) is 14.8. The Hall–Kier alpha value is -2.08. The van der Waals surface area contributed by atoms with E-state index in [-0.39, 0.29) is 0 Å². The SMILES string of the molecule is CCOC(C)OC(C(=O)OC)C(N=[N+]=[N-])c1ccccc1. The first-order valence-electron chi connectivity index (χ1n) is 6.58. The van der Waals surface area contributed by atoms with Crippen LogP contribution in [0.4, 0.5) is 0 Å². The molecule has 7 nitrogen and oxygen atoms in total. The van der Waals surface area contributed by atoms with Gasteiger partial charge in [-0.2, -0.15) is 0 Å².